The molecular weight excluding hydrogens is 154 g/mol. The Morgan fingerprint density at radius 1 is 1.83 bits per heavy atom. The molecule has 0 saturated heterocycles. The molecule has 60 valence electrons. The van der Waals surface area contributed by atoms with Gasteiger partial charge in [0.15, 0.2) is 0 Å². The lowest BCUT2D eigenvalue weighted by Crippen LogP contribution is -2.05. The lowest BCUT2D eigenvalue weighted by molar-refractivity contribution is -0.109. The lowest BCUT2D eigenvalue weighted by atomic mass is 10.0. The summed E-state index contributed by atoms with van der Waals surface area (Å²) in [4.78, 5) is 10.4. The normalized spacial score (nSPS) is 32.4. The average Bonchev–Trinajstić information content (AvgIpc) is 2.57. The number of nitriles is 1. The standard InChI is InChI=1S/C9H7NO2/c10-6-9(4-7(9)5-11)8-2-1-3-12-8/h1-3,5,7H,4H2. The molecule has 0 N–H and O–H groups in total. The number of carbonyl (C=O) groups is 1. The Morgan fingerprint density at radius 2 is 2.67 bits per heavy atom. The minimum absolute atomic E-state index is 0.173. The van der Waals surface area contributed by atoms with E-state index in [9.17, 15) is 4.79 Å². The summed E-state index contributed by atoms with van der Waals surface area (Å²) in [7, 11) is 0. The van der Waals surface area contributed by atoms with E-state index in [1.807, 2.05) is 0 Å². The van der Waals surface area contributed by atoms with Crippen molar-refractivity contribution in [3.63, 3.8) is 0 Å². The molecule has 1 aromatic rings. The minimum Gasteiger partial charge on any atom is -0.468 e. The van der Waals surface area contributed by atoms with E-state index in [0.717, 1.165) is 6.29 Å². The van der Waals surface area contributed by atoms with Crippen molar-refractivity contribution in [1.82, 2.24) is 0 Å². The van der Waals surface area contributed by atoms with Gasteiger partial charge in [0.05, 0.1) is 12.3 Å². The first-order valence-electron chi connectivity index (χ1n) is 3.74. The van der Waals surface area contributed by atoms with E-state index in [-0.39, 0.29) is 5.92 Å². The second-order valence-corrected chi connectivity index (χ2v) is 3.01. The second kappa shape index (κ2) is 2.21. The molecule has 1 fully saturated rings. The van der Waals surface area contributed by atoms with Crippen molar-refractivity contribution >= 4 is 6.29 Å². The Morgan fingerprint density at radius 3 is 3.08 bits per heavy atom. The summed E-state index contributed by atoms with van der Waals surface area (Å²) < 4.78 is 5.10. The summed E-state index contributed by atoms with van der Waals surface area (Å²) in [5.41, 5.74) is -0.648. The Hall–Kier alpha value is -1.56. The van der Waals surface area contributed by atoms with Gasteiger partial charge in [0.25, 0.3) is 0 Å². The largest absolute Gasteiger partial charge is 0.468 e. The maximum Gasteiger partial charge on any atom is 0.125 e. The van der Waals surface area contributed by atoms with E-state index in [4.69, 9.17) is 9.68 Å². The van der Waals surface area contributed by atoms with Crippen molar-refractivity contribution in [2.24, 2.45) is 5.92 Å². The molecule has 12 heavy (non-hydrogen) atoms. The molecule has 1 saturated carbocycles. The van der Waals surface area contributed by atoms with Gasteiger partial charge in [-0.15, -0.1) is 0 Å². The van der Waals surface area contributed by atoms with Crippen molar-refractivity contribution in [2.75, 3.05) is 0 Å². The highest BCUT2D eigenvalue weighted by Gasteiger charge is 2.58. The molecular formula is C9H7NO2. The fraction of sp³-hybridized carbons (Fsp3) is 0.333. The van der Waals surface area contributed by atoms with Gasteiger partial charge in [-0.05, 0) is 18.6 Å². The molecule has 3 nitrogen and oxygen atoms in total. The number of hydrogen-bond donors (Lipinski definition) is 0. The van der Waals surface area contributed by atoms with Gasteiger partial charge in [0, 0.05) is 5.92 Å². The van der Waals surface area contributed by atoms with Crippen molar-refractivity contribution in [3.8, 4) is 6.07 Å². The van der Waals surface area contributed by atoms with Crippen molar-refractivity contribution < 1.29 is 9.21 Å². The molecule has 1 aliphatic rings. The van der Waals surface area contributed by atoms with Gasteiger partial charge in [0.1, 0.15) is 17.5 Å². The molecule has 1 heterocycles. The third kappa shape index (κ3) is 0.722. The smallest absolute Gasteiger partial charge is 0.125 e. The first-order chi connectivity index (χ1) is 5.83. The van der Waals surface area contributed by atoms with E-state index >= 15 is 0 Å². The fourth-order valence-corrected chi connectivity index (χ4v) is 1.45. The third-order valence-corrected chi connectivity index (χ3v) is 2.34. The summed E-state index contributed by atoms with van der Waals surface area (Å²) in [6, 6.07) is 5.60. The molecule has 0 radical (unpaired) electrons. The molecule has 0 aromatic carbocycles. The highest BCUT2D eigenvalue weighted by atomic mass is 16.3. The number of furan rings is 1. The van der Waals surface area contributed by atoms with Crippen LogP contribution in [-0.4, -0.2) is 6.29 Å². The van der Waals surface area contributed by atoms with Gasteiger partial charge in [-0.25, -0.2) is 0 Å². The molecule has 0 amide bonds. The van der Waals surface area contributed by atoms with Crippen LogP contribution < -0.4 is 0 Å². The zero-order valence-corrected chi connectivity index (χ0v) is 6.36. The Balaban J connectivity index is 2.35. The monoisotopic (exact) mass is 161 g/mol. The second-order valence-electron chi connectivity index (χ2n) is 3.01. The number of nitrogens with zero attached hydrogens (tertiary/aromatic N) is 1. The van der Waals surface area contributed by atoms with E-state index < -0.39 is 5.41 Å². The first kappa shape index (κ1) is 7.11. The Labute approximate surface area is 69.6 Å². The van der Waals surface area contributed by atoms with E-state index in [0.29, 0.717) is 12.2 Å². The topological polar surface area (TPSA) is 54.0 Å². The molecule has 2 atom stereocenters. The van der Waals surface area contributed by atoms with Gasteiger partial charge in [-0.2, -0.15) is 5.26 Å². The van der Waals surface area contributed by atoms with Crippen LogP contribution in [-0.2, 0) is 10.2 Å². The van der Waals surface area contributed by atoms with Crippen LogP contribution in [0.25, 0.3) is 0 Å². The minimum atomic E-state index is -0.648. The zero-order chi connectivity index (χ0) is 8.60. The highest BCUT2D eigenvalue weighted by molar-refractivity contribution is 5.66. The quantitative estimate of drug-likeness (QED) is 0.613. The highest BCUT2D eigenvalue weighted by Crippen LogP contribution is 2.52. The van der Waals surface area contributed by atoms with Crippen LogP contribution in [0.15, 0.2) is 22.8 Å². The van der Waals surface area contributed by atoms with Crippen molar-refractivity contribution in [1.29, 1.82) is 5.26 Å². The summed E-state index contributed by atoms with van der Waals surface area (Å²) >= 11 is 0. The molecule has 1 aromatic heterocycles. The molecule has 1 aliphatic carbocycles. The van der Waals surface area contributed by atoms with Crippen LogP contribution >= 0.6 is 0 Å². The van der Waals surface area contributed by atoms with Gasteiger partial charge in [0.2, 0.25) is 0 Å². The summed E-state index contributed by atoms with van der Waals surface area (Å²) in [6.45, 7) is 0. The summed E-state index contributed by atoms with van der Waals surface area (Å²) in [5, 5.41) is 8.86. The van der Waals surface area contributed by atoms with E-state index in [2.05, 4.69) is 6.07 Å². The first-order valence-corrected chi connectivity index (χ1v) is 3.74. The molecule has 2 unspecified atom stereocenters. The molecule has 0 spiro atoms. The van der Waals surface area contributed by atoms with E-state index in [1.54, 1.807) is 12.1 Å². The molecule has 2 rings (SSSR count). The Bertz CT molecular complexity index is 336. The van der Waals surface area contributed by atoms with Crippen LogP contribution in [0.2, 0.25) is 0 Å². The van der Waals surface area contributed by atoms with E-state index in [1.165, 1.54) is 6.26 Å². The molecule has 3 heteroatoms. The van der Waals surface area contributed by atoms with Crippen LogP contribution in [0.3, 0.4) is 0 Å². The third-order valence-electron chi connectivity index (χ3n) is 2.34. The van der Waals surface area contributed by atoms with Crippen LogP contribution in [0.1, 0.15) is 12.2 Å². The SMILES string of the molecule is N#CC1(c2ccco2)CC1C=O. The number of carbonyl (C=O) groups excluding carboxylic acids is 1. The van der Waals surface area contributed by atoms with Crippen molar-refractivity contribution in [2.45, 2.75) is 11.8 Å². The predicted octanol–water partition coefficient (Wildman–Crippen LogP) is 1.26. The Kier molecular flexibility index (Phi) is 1.31. The van der Waals surface area contributed by atoms with Gasteiger partial charge >= 0.3 is 0 Å². The summed E-state index contributed by atoms with van der Waals surface area (Å²) in [5.74, 6) is 0.441. The number of aldehydes is 1. The fourth-order valence-electron chi connectivity index (χ4n) is 1.45. The maximum atomic E-state index is 10.4. The van der Waals surface area contributed by atoms with Gasteiger partial charge in [-0.1, -0.05) is 0 Å². The lowest BCUT2D eigenvalue weighted by Gasteiger charge is -1.99. The number of hydrogen-bond acceptors (Lipinski definition) is 3. The molecule has 0 bridgehead atoms. The maximum absolute atomic E-state index is 10.4. The van der Waals surface area contributed by atoms with Gasteiger partial charge in [-0.3, -0.25) is 0 Å². The van der Waals surface area contributed by atoms with Crippen LogP contribution in [0.5, 0.6) is 0 Å². The zero-order valence-electron chi connectivity index (χ0n) is 6.36. The van der Waals surface area contributed by atoms with Gasteiger partial charge < -0.3 is 9.21 Å². The average molecular weight is 161 g/mol. The predicted molar refractivity (Wildman–Crippen MR) is 40.2 cm³/mol. The number of rotatable bonds is 2. The summed E-state index contributed by atoms with van der Waals surface area (Å²) in [6.07, 6.45) is 2.95. The van der Waals surface area contributed by atoms with Crippen LogP contribution in [0, 0.1) is 17.2 Å². The van der Waals surface area contributed by atoms with Crippen molar-refractivity contribution in [3.05, 3.63) is 24.2 Å². The molecule has 0 aliphatic heterocycles. The van der Waals surface area contributed by atoms with Crippen LogP contribution in [0.4, 0.5) is 0 Å².